The fourth-order valence-electron chi connectivity index (χ4n) is 2.74. The van der Waals surface area contributed by atoms with Gasteiger partial charge in [0.2, 0.25) is 0 Å². The average molecular weight is 231 g/mol. The van der Waals surface area contributed by atoms with Crippen molar-refractivity contribution in [2.45, 2.75) is 70.7 Å². The SMILES string of the molecule is CC(O)CON1C(C)(C)CC(O)CC1(C)C. The first-order valence-corrected chi connectivity index (χ1v) is 5.94. The summed E-state index contributed by atoms with van der Waals surface area (Å²) in [5, 5.41) is 21.0. The van der Waals surface area contributed by atoms with E-state index in [4.69, 9.17) is 4.84 Å². The summed E-state index contributed by atoms with van der Waals surface area (Å²) >= 11 is 0. The minimum Gasteiger partial charge on any atom is -0.393 e. The van der Waals surface area contributed by atoms with Crippen LogP contribution in [0.25, 0.3) is 0 Å². The van der Waals surface area contributed by atoms with Crippen molar-refractivity contribution >= 4 is 0 Å². The molecule has 16 heavy (non-hydrogen) atoms. The summed E-state index contributed by atoms with van der Waals surface area (Å²) in [6.45, 7) is 10.2. The number of piperidine rings is 1. The third-order valence-corrected chi connectivity index (χ3v) is 3.01. The number of aliphatic hydroxyl groups excluding tert-OH is 2. The lowest BCUT2D eigenvalue weighted by Gasteiger charge is -2.52. The third kappa shape index (κ3) is 3.17. The fourth-order valence-corrected chi connectivity index (χ4v) is 2.74. The van der Waals surface area contributed by atoms with Gasteiger partial charge < -0.3 is 10.2 Å². The largest absolute Gasteiger partial charge is 0.393 e. The van der Waals surface area contributed by atoms with Gasteiger partial charge in [0.1, 0.15) is 0 Å². The Morgan fingerprint density at radius 2 is 1.69 bits per heavy atom. The molecule has 0 saturated carbocycles. The van der Waals surface area contributed by atoms with E-state index >= 15 is 0 Å². The maximum absolute atomic E-state index is 9.84. The lowest BCUT2D eigenvalue weighted by atomic mass is 9.80. The molecular formula is C12H25NO3. The van der Waals surface area contributed by atoms with E-state index in [1.54, 1.807) is 6.92 Å². The zero-order valence-corrected chi connectivity index (χ0v) is 11.0. The Morgan fingerprint density at radius 3 is 2.06 bits per heavy atom. The first kappa shape index (κ1) is 13.9. The van der Waals surface area contributed by atoms with E-state index in [-0.39, 0.29) is 17.2 Å². The number of hydrogen-bond donors (Lipinski definition) is 2. The summed E-state index contributed by atoms with van der Waals surface area (Å²) in [5.74, 6) is 0. The predicted molar refractivity (Wildman–Crippen MR) is 62.9 cm³/mol. The molecule has 1 atom stereocenters. The van der Waals surface area contributed by atoms with Crippen LogP contribution < -0.4 is 0 Å². The molecule has 1 aliphatic rings. The zero-order valence-electron chi connectivity index (χ0n) is 11.0. The van der Waals surface area contributed by atoms with E-state index in [1.165, 1.54) is 0 Å². The van der Waals surface area contributed by atoms with Crippen molar-refractivity contribution in [3.63, 3.8) is 0 Å². The molecule has 96 valence electrons. The molecule has 1 aliphatic heterocycles. The highest BCUT2D eigenvalue weighted by Gasteiger charge is 2.46. The monoisotopic (exact) mass is 231 g/mol. The molecule has 0 aliphatic carbocycles. The van der Waals surface area contributed by atoms with Crippen LogP contribution in [0.3, 0.4) is 0 Å². The van der Waals surface area contributed by atoms with Gasteiger partial charge in [-0.25, -0.2) is 0 Å². The number of hydrogen-bond acceptors (Lipinski definition) is 4. The van der Waals surface area contributed by atoms with Gasteiger partial charge in [-0.2, -0.15) is 5.06 Å². The number of nitrogens with zero attached hydrogens (tertiary/aromatic N) is 1. The number of aliphatic hydroxyl groups is 2. The maximum Gasteiger partial charge on any atom is 0.0942 e. The van der Waals surface area contributed by atoms with Crippen molar-refractivity contribution in [3.8, 4) is 0 Å². The van der Waals surface area contributed by atoms with Crippen LogP contribution in [0.2, 0.25) is 0 Å². The lowest BCUT2D eigenvalue weighted by Crippen LogP contribution is -2.61. The molecule has 4 heteroatoms. The van der Waals surface area contributed by atoms with Gasteiger partial charge in [0.25, 0.3) is 0 Å². The Labute approximate surface area is 98.2 Å². The summed E-state index contributed by atoms with van der Waals surface area (Å²) < 4.78 is 0. The van der Waals surface area contributed by atoms with Gasteiger partial charge in [-0.1, -0.05) is 0 Å². The van der Waals surface area contributed by atoms with Gasteiger partial charge in [-0.3, -0.25) is 4.84 Å². The molecule has 1 saturated heterocycles. The molecule has 0 aromatic heterocycles. The molecule has 4 nitrogen and oxygen atoms in total. The highest BCUT2D eigenvalue weighted by Crippen LogP contribution is 2.38. The van der Waals surface area contributed by atoms with E-state index in [9.17, 15) is 10.2 Å². The molecule has 2 N–H and O–H groups in total. The topological polar surface area (TPSA) is 52.9 Å². The van der Waals surface area contributed by atoms with Gasteiger partial charge >= 0.3 is 0 Å². The number of hydroxylamine groups is 2. The minimum atomic E-state index is -0.474. The van der Waals surface area contributed by atoms with Crippen LogP contribution in [0, 0.1) is 0 Å². The van der Waals surface area contributed by atoms with Gasteiger partial charge in [0, 0.05) is 11.1 Å². The van der Waals surface area contributed by atoms with Crippen molar-refractivity contribution in [1.29, 1.82) is 0 Å². The van der Waals surface area contributed by atoms with Crippen LogP contribution >= 0.6 is 0 Å². The molecule has 1 unspecified atom stereocenters. The van der Waals surface area contributed by atoms with E-state index < -0.39 is 6.10 Å². The molecule has 0 aromatic carbocycles. The highest BCUT2D eigenvalue weighted by atomic mass is 16.7. The van der Waals surface area contributed by atoms with Gasteiger partial charge in [0.15, 0.2) is 0 Å². The molecule has 0 spiro atoms. The quantitative estimate of drug-likeness (QED) is 0.769. The number of rotatable bonds is 3. The summed E-state index contributed by atoms with van der Waals surface area (Å²) in [6, 6.07) is 0. The Balaban J connectivity index is 2.76. The molecule has 0 radical (unpaired) electrons. The normalized spacial score (nSPS) is 27.9. The second-order valence-electron chi connectivity index (χ2n) is 6.13. The summed E-state index contributed by atoms with van der Waals surface area (Å²) in [4.78, 5) is 5.70. The molecule has 0 amide bonds. The summed E-state index contributed by atoms with van der Waals surface area (Å²) in [6.07, 6.45) is 0.627. The van der Waals surface area contributed by atoms with Gasteiger partial charge in [0.05, 0.1) is 18.8 Å². The molecular weight excluding hydrogens is 206 g/mol. The highest BCUT2D eigenvalue weighted by molar-refractivity contribution is 4.96. The Kier molecular flexibility index (Phi) is 4.00. The van der Waals surface area contributed by atoms with Crippen LogP contribution in [0.15, 0.2) is 0 Å². The first-order chi connectivity index (χ1) is 7.15. The lowest BCUT2D eigenvalue weighted by molar-refractivity contribution is -0.299. The summed E-state index contributed by atoms with van der Waals surface area (Å²) in [5.41, 5.74) is -0.424. The van der Waals surface area contributed by atoms with Crippen molar-refractivity contribution < 1.29 is 15.1 Å². The molecule has 0 aromatic rings. The van der Waals surface area contributed by atoms with Crippen LogP contribution in [-0.4, -0.2) is 45.2 Å². The molecule has 1 rings (SSSR count). The smallest absolute Gasteiger partial charge is 0.0942 e. The Hall–Kier alpha value is -0.160. The molecule has 1 fully saturated rings. The van der Waals surface area contributed by atoms with Crippen molar-refractivity contribution in [2.24, 2.45) is 0 Å². The zero-order chi connectivity index (χ0) is 12.6. The van der Waals surface area contributed by atoms with Crippen molar-refractivity contribution in [2.75, 3.05) is 6.61 Å². The van der Waals surface area contributed by atoms with Crippen molar-refractivity contribution in [1.82, 2.24) is 5.06 Å². The van der Waals surface area contributed by atoms with Gasteiger partial charge in [-0.05, 0) is 47.5 Å². The second-order valence-corrected chi connectivity index (χ2v) is 6.13. The molecule has 0 bridgehead atoms. The van der Waals surface area contributed by atoms with E-state index in [1.807, 2.05) is 5.06 Å². The van der Waals surface area contributed by atoms with Crippen molar-refractivity contribution in [3.05, 3.63) is 0 Å². The van der Waals surface area contributed by atoms with Crippen LogP contribution in [0.4, 0.5) is 0 Å². The van der Waals surface area contributed by atoms with E-state index in [2.05, 4.69) is 27.7 Å². The maximum atomic E-state index is 9.84. The fraction of sp³-hybridized carbons (Fsp3) is 1.00. The Bertz CT molecular complexity index is 220. The first-order valence-electron chi connectivity index (χ1n) is 5.94. The van der Waals surface area contributed by atoms with E-state index in [0.717, 1.165) is 0 Å². The summed E-state index contributed by atoms with van der Waals surface area (Å²) in [7, 11) is 0. The van der Waals surface area contributed by atoms with Crippen LogP contribution in [0.5, 0.6) is 0 Å². The standard InChI is InChI=1S/C12H25NO3/c1-9(14)8-16-13-11(2,3)6-10(15)7-12(13,4)5/h9-10,14-15H,6-8H2,1-5H3. The van der Waals surface area contributed by atoms with E-state index in [0.29, 0.717) is 19.4 Å². The molecule has 1 heterocycles. The third-order valence-electron chi connectivity index (χ3n) is 3.01. The van der Waals surface area contributed by atoms with Crippen LogP contribution in [-0.2, 0) is 4.84 Å². The Morgan fingerprint density at radius 1 is 1.25 bits per heavy atom. The average Bonchev–Trinajstić information content (AvgIpc) is 1.96. The van der Waals surface area contributed by atoms with Crippen LogP contribution in [0.1, 0.15) is 47.5 Å². The second kappa shape index (κ2) is 4.61. The predicted octanol–water partition coefficient (Wildman–Crippen LogP) is 1.31. The minimum absolute atomic E-state index is 0.212. The van der Waals surface area contributed by atoms with Gasteiger partial charge in [-0.15, -0.1) is 0 Å².